The lowest BCUT2D eigenvalue weighted by Crippen LogP contribution is -2.36. The van der Waals surface area contributed by atoms with Crippen LogP contribution in [0.15, 0.2) is 15.7 Å². The molecule has 0 fully saturated rings. The molecule has 0 spiro atoms. The van der Waals surface area contributed by atoms with Crippen LogP contribution in [0.3, 0.4) is 0 Å². The molecule has 1 aromatic heterocycles. The van der Waals surface area contributed by atoms with Crippen LogP contribution in [-0.2, 0) is 11.3 Å². The Labute approximate surface area is 115 Å². The third kappa shape index (κ3) is 4.59. The highest BCUT2D eigenvalue weighted by Gasteiger charge is 2.16. The van der Waals surface area contributed by atoms with Gasteiger partial charge in [0.15, 0.2) is 0 Å². The summed E-state index contributed by atoms with van der Waals surface area (Å²) in [6.07, 6.45) is 1.98. The molecule has 0 bridgehead atoms. The molecular formula is C13H23N2O3P. The standard InChI is InChI=1S/C13H23N2O3P/c1-9(11(18-3)8-19-4)5-6-15-12(16)7-10(2)14-13(15)17/h7,9,11,19H,5-6,8H2,1-4H3,(H,14,17). The van der Waals surface area contributed by atoms with E-state index in [1.165, 1.54) is 10.6 Å². The van der Waals surface area contributed by atoms with Gasteiger partial charge in [-0.15, -0.1) is 8.58 Å². The van der Waals surface area contributed by atoms with Crippen molar-refractivity contribution >= 4 is 8.58 Å². The Bertz CT molecular complexity index is 478. The van der Waals surface area contributed by atoms with E-state index in [2.05, 4.69) is 18.6 Å². The van der Waals surface area contributed by atoms with Gasteiger partial charge in [-0.05, 0) is 32.1 Å². The van der Waals surface area contributed by atoms with E-state index in [1.807, 2.05) is 0 Å². The molecule has 0 saturated heterocycles. The summed E-state index contributed by atoms with van der Waals surface area (Å²) in [6, 6.07) is 1.45. The molecule has 3 unspecified atom stereocenters. The highest BCUT2D eigenvalue weighted by atomic mass is 31.1. The zero-order chi connectivity index (χ0) is 14.4. The van der Waals surface area contributed by atoms with Crippen LogP contribution in [0, 0.1) is 12.8 Å². The summed E-state index contributed by atoms with van der Waals surface area (Å²) < 4.78 is 6.71. The first-order chi connectivity index (χ1) is 8.99. The smallest absolute Gasteiger partial charge is 0.328 e. The molecule has 6 heteroatoms. The molecule has 1 heterocycles. The lowest BCUT2D eigenvalue weighted by Gasteiger charge is -2.22. The predicted octanol–water partition coefficient (Wildman–Crippen LogP) is 1.19. The zero-order valence-corrected chi connectivity index (χ0v) is 13.0. The summed E-state index contributed by atoms with van der Waals surface area (Å²) in [5.41, 5.74) is 0.0320. The third-order valence-electron chi connectivity index (χ3n) is 3.31. The highest BCUT2D eigenvalue weighted by Crippen LogP contribution is 2.18. The predicted molar refractivity (Wildman–Crippen MR) is 79.7 cm³/mol. The molecule has 1 N–H and O–H groups in total. The fourth-order valence-corrected chi connectivity index (χ4v) is 3.06. The van der Waals surface area contributed by atoms with Gasteiger partial charge in [0, 0.05) is 25.4 Å². The molecule has 1 aromatic rings. The number of rotatable bonds is 7. The molecule has 0 saturated carbocycles. The van der Waals surface area contributed by atoms with Gasteiger partial charge in [0.1, 0.15) is 0 Å². The molecule has 0 aliphatic rings. The van der Waals surface area contributed by atoms with E-state index >= 15 is 0 Å². The molecule has 108 valence electrons. The Kier molecular flexibility index (Phi) is 6.46. The summed E-state index contributed by atoms with van der Waals surface area (Å²) in [7, 11) is 2.56. The van der Waals surface area contributed by atoms with E-state index in [9.17, 15) is 9.59 Å². The first-order valence-corrected chi connectivity index (χ1v) is 8.18. The molecule has 0 aliphatic heterocycles. The lowest BCUT2D eigenvalue weighted by molar-refractivity contribution is 0.0717. The van der Waals surface area contributed by atoms with Gasteiger partial charge >= 0.3 is 5.69 Å². The van der Waals surface area contributed by atoms with E-state index in [4.69, 9.17) is 4.74 Å². The van der Waals surface area contributed by atoms with Crippen LogP contribution < -0.4 is 11.2 Å². The molecule has 0 amide bonds. The number of H-pyrrole nitrogens is 1. The number of aromatic amines is 1. The van der Waals surface area contributed by atoms with E-state index in [0.717, 1.165) is 21.2 Å². The van der Waals surface area contributed by atoms with Gasteiger partial charge in [0.05, 0.1) is 6.10 Å². The summed E-state index contributed by atoms with van der Waals surface area (Å²) in [4.78, 5) is 26.1. The van der Waals surface area contributed by atoms with Crippen molar-refractivity contribution in [3.63, 3.8) is 0 Å². The average molecular weight is 286 g/mol. The first kappa shape index (κ1) is 16.1. The molecule has 19 heavy (non-hydrogen) atoms. The maximum Gasteiger partial charge on any atom is 0.328 e. The topological polar surface area (TPSA) is 64.1 Å². The van der Waals surface area contributed by atoms with Gasteiger partial charge in [-0.1, -0.05) is 6.92 Å². The van der Waals surface area contributed by atoms with Crippen LogP contribution in [0.25, 0.3) is 0 Å². The van der Waals surface area contributed by atoms with Crippen molar-refractivity contribution < 1.29 is 4.74 Å². The van der Waals surface area contributed by atoms with Crippen molar-refractivity contribution in [2.24, 2.45) is 5.92 Å². The Balaban J connectivity index is 2.72. The van der Waals surface area contributed by atoms with Gasteiger partial charge in [-0.3, -0.25) is 9.36 Å². The van der Waals surface area contributed by atoms with Crippen molar-refractivity contribution in [2.75, 3.05) is 19.9 Å². The Hall–Kier alpha value is -0.930. The molecule has 3 atom stereocenters. The van der Waals surface area contributed by atoms with Crippen molar-refractivity contribution in [1.29, 1.82) is 0 Å². The highest BCUT2D eigenvalue weighted by molar-refractivity contribution is 7.37. The fourth-order valence-electron chi connectivity index (χ4n) is 2.08. The minimum Gasteiger partial charge on any atom is -0.381 e. The number of hydrogen-bond acceptors (Lipinski definition) is 3. The van der Waals surface area contributed by atoms with E-state index < -0.39 is 0 Å². The number of hydrogen-bond donors (Lipinski definition) is 1. The zero-order valence-electron chi connectivity index (χ0n) is 12.0. The average Bonchev–Trinajstić information content (AvgIpc) is 2.34. The molecule has 0 aliphatic carbocycles. The second-order valence-corrected chi connectivity index (χ2v) is 5.96. The number of ether oxygens (including phenoxy) is 1. The second-order valence-electron chi connectivity index (χ2n) is 4.85. The van der Waals surface area contributed by atoms with Gasteiger partial charge in [0.25, 0.3) is 5.56 Å². The summed E-state index contributed by atoms with van der Waals surface area (Å²) in [5, 5.41) is 0. The number of aromatic nitrogens is 2. The molecular weight excluding hydrogens is 263 g/mol. The minimum absolute atomic E-state index is 0.198. The maximum absolute atomic E-state index is 11.8. The maximum atomic E-state index is 11.8. The van der Waals surface area contributed by atoms with Crippen LogP contribution >= 0.6 is 8.58 Å². The van der Waals surface area contributed by atoms with E-state index in [1.54, 1.807) is 14.0 Å². The quantitative estimate of drug-likeness (QED) is 0.766. The summed E-state index contributed by atoms with van der Waals surface area (Å²) in [5.74, 6) is 0.324. The van der Waals surface area contributed by atoms with Gasteiger partial charge < -0.3 is 9.72 Å². The number of methoxy groups -OCH3 is 1. The van der Waals surface area contributed by atoms with Gasteiger partial charge in [-0.25, -0.2) is 4.79 Å². The SMILES string of the molecule is COC(CPC)C(C)CCn1c(=O)cc(C)[nH]c1=O. The number of aryl methyl sites for hydroxylation is 1. The van der Waals surface area contributed by atoms with E-state index in [0.29, 0.717) is 18.2 Å². The second kappa shape index (κ2) is 7.61. The van der Waals surface area contributed by atoms with Crippen molar-refractivity contribution in [2.45, 2.75) is 32.9 Å². The third-order valence-corrected chi connectivity index (χ3v) is 4.12. The van der Waals surface area contributed by atoms with Gasteiger partial charge in [-0.2, -0.15) is 0 Å². The monoisotopic (exact) mass is 286 g/mol. The molecule has 1 rings (SSSR count). The fraction of sp³-hybridized carbons (Fsp3) is 0.692. The van der Waals surface area contributed by atoms with Crippen molar-refractivity contribution in [3.8, 4) is 0 Å². The van der Waals surface area contributed by atoms with Crippen LogP contribution in [0.5, 0.6) is 0 Å². The largest absolute Gasteiger partial charge is 0.381 e. The Morgan fingerprint density at radius 3 is 2.68 bits per heavy atom. The summed E-state index contributed by atoms with van der Waals surface area (Å²) >= 11 is 0. The Morgan fingerprint density at radius 2 is 2.16 bits per heavy atom. The lowest BCUT2D eigenvalue weighted by atomic mass is 10.0. The van der Waals surface area contributed by atoms with Crippen LogP contribution in [0.4, 0.5) is 0 Å². The van der Waals surface area contributed by atoms with Crippen LogP contribution in [-0.4, -0.2) is 35.6 Å². The molecule has 5 nitrogen and oxygen atoms in total. The van der Waals surface area contributed by atoms with E-state index in [-0.39, 0.29) is 17.4 Å². The van der Waals surface area contributed by atoms with Crippen molar-refractivity contribution in [1.82, 2.24) is 9.55 Å². The number of nitrogens with zero attached hydrogens (tertiary/aromatic N) is 1. The minimum atomic E-state index is -0.330. The van der Waals surface area contributed by atoms with Crippen LogP contribution in [0.2, 0.25) is 0 Å². The molecule has 0 radical (unpaired) electrons. The van der Waals surface area contributed by atoms with Gasteiger partial charge in [0.2, 0.25) is 0 Å². The summed E-state index contributed by atoms with van der Waals surface area (Å²) in [6.45, 7) is 6.39. The Morgan fingerprint density at radius 1 is 1.47 bits per heavy atom. The van der Waals surface area contributed by atoms with Crippen molar-refractivity contribution in [3.05, 3.63) is 32.6 Å². The van der Waals surface area contributed by atoms with Crippen LogP contribution in [0.1, 0.15) is 19.0 Å². The molecule has 0 aromatic carbocycles. The first-order valence-electron chi connectivity index (χ1n) is 6.47. The normalized spacial score (nSPS) is 14.9. The number of nitrogens with one attached hydrogen (secondary N) is 1.